The molecule has 5 heteroatoms. The molecule has 1 N–H and O–H groups in total. The number of rotatable bonds is 7. The summed E-state index contributed by atoms with van der Waals surface area (Å²) in [6, 6.07) is 12.5. The minimum Gasteiger partial charge on any atom is -0.367 e. The Bertz CT molecular complexity index is 711. The molecule has 1 aromatic heterocycles. The van der Waals surface area contributed by atoms with Crippen LogP contribution in [-0.4, -0.2) is 36.5 Å². The van der Waals surface area contributed by atoms with Crippen LogP contribution in [0.2, 0.25) is 0 Å². The molecular formula is C21H26N2O2S. The van der Waals surface area contributed by atoms with E-state index in [1.54, 1.807) is 11.3 Å². The Morgan fingerprint density at radius 3 is 2.73 bits per heavy atom. The lowest BCUT2D eigenvalue weighted by molar-refractivity contribution is -0.138. The third kappa shape index (κ3) is 4.00. The normalized spacial score (nSPS) is 20.8. The molecule has 1 amide bonds. The fraction of sp³-hybridized carbons (Fsp3) is 0.476. The monoisotopic (exact) mass is 370 g/mol. The van der Waals surface area contributed by atoms with Gasteiger partial charge in [-0.25, -0.2) is 0 Å². The second-order valence-electron chi connectivity index (χ2n) is 7.46. The number of nitrogens with one attached hydrogen (secondary N) is 1. The average molecular weight is 371 g/mol. The van der Waals surface area contributed by atoms with Gasteiger partial charge in [0.1, 0.15) is 6.61 Å². The summed E-state index contributed by atoms with van der Waals surface area (Å²) in [5.41, 5.74) is 2.67. The van der Waals surface area contributed by atoms with E-state index in [-0.39, 0.29) is 12.5 Å². The summed E-state index contributed by atoms with van der Waals surface area (Å²) in [6.07, 6.45) is 3.50. The summed E-state index contributed by atoms with van der Waals surface area (Å²) in [5.74, 6) is 0.118. The first-order chi connectivity index (χ1) is 12.8. The zero-order valence-corrected chi connectivity index (χ0v) is 15.8. The Morgan fingerprint density at radius 2 is 2.00 bits per heavy atom. The van der Waals surface area contributed by atoms with Crippen molar-refractivity contribution in [2.24, 2.45) is 5.41 Å². The van der Waals surface area contributed by atoms with Crippen LogP contribution in [0.25, 0.3) is 0 Å². The van der Waals surface area contributed by atoms with Gasteiger partial charge in [0, 0.05) is 12.6 Å². The summed E-state index contributed by atoms with van der Waals surface area (Å²) in [6.45, 7) is 3.49. The zero-order chi connectivity index (χ0) is 17.8. The highest BCUT2D eigenvalue weighted by molar-refractivity contribution is 7.07. The molecule has 4 nitrogen and oxygen atoms in total. The van der Waals surface area contributed by atoms with Crippen LogP contribution < -0.4 is 5.32 Å². The maximum absolute atomic E-state index is 13.0. The van der Waals surface area contributed by atoms with Gasteiger partial charge in [0.15, 0.2) is 0 Å². The van der Waals surface area contributed by atoms with E-state index >= 15 is 0 Å². The van der Waals surface area contributed by atoms with Crippen LogP contribution in [0.3, 0.4) is 0 Å². The molecule has 2 heterocycles. The molecule has 0 bridgehead atoms. The first kappa shape index (κ1) is 17.7. The third-order valence-corrected chi connectivity index (χ3v) is 6.44. The molecule has 1 atom stereocenters. The average Bonchev–Trinajstić information content (AvgIpc) is 3.10. The highest BCUT2D eigenvalue weighted by Gasteiger charge is 2.57. The van der Waals surface area contributed by atoms with Gasteiger partial charge in [0.2, 0.25) is 5.91 Å². The highest BCUT2D eigenvalue weighted by atomic mass is 32.1. The Morgan fingerprint density at radius 1 is 1.19 bits per heavy atom. The molecule has 4 rings (SSSR count). The number of thiophene rings is 1. The summed E-state index contributed by atoms with van der Waals surface area (Å²) in [4.78, 5) is 15.0. The van der Waals surface area contributed by atoms with Crippen molar-refractivity contribution in [3.63, 3.8) is 0 Å². The van der Waals surface area contributed by atoms with E-state index in [9.17, 15) is 4.79 Å². The summed E-state index contributed by atoms with van der Waals surface area (Å²) >= 11 is 1.69. The maximum atomic E-state index is 13.0. The molecule has 138 valence electrons. The van der Waals surface area contributed by atoms with Crippen LogP contribution in [-0.2, 0) is 22.7 Å². The van der Waals surface area contributed by atoms with Gasteiger partial charge in [0.05, 0.1) is 6.61 Å². The van der Waals surface area contributed by atoms with E-state index in [2.05, 4.69) is 27.0 Å². The van der Waals surface area contributed by atoms with Crippen LogP contribution in [0.15, 0.2) is 47.2 Å². The van der Waals surface area contributed by atoms with E-state index < -0.39 is 0 Å². The van der Waals surface area contributed by atoms with Crippen LogP contribution in [0, 0.1) is 5.41 Å². The highest BCUT2D eigenvalue weighted by Crippen LogP contribution is 2.56. The molecular weight excluding hydrogens is 344 g/mol. The van der Waals surface area contributed by atoms with Gasteiger partial charge in [-0.2, -0.15) is 11.3 Å². The minimum absolute atomic E-state index is 0.118. The van der Waals surface area contributed by atoms with Gasteiger partial charge in [-0.15, -0.1) is 0 Å². The Labute approximate surface area is 159 Å². The maximum Gasteiger partial charge on any atom is 0.249 e. The molecule has 2 aliphatic rings. The van der Waals surface area contributed by atoms with Crippen LogP contribution in [0.4, 0.5) is 0 Å². The fourth-order valence-corrected chi connectivity index (χ4v) is 4.75. The van der Waals surface area contributed by atoms with Crippen molar-refractivity contribution < 1.29 is 9.53 Å². The molecule has 1 spiro atoms. The number of hydrogen-bond donors (Lipinski definition) is 1. The molecule has 1 saturated heterocycles. The first-order valence-corrected chi connectivity index (χ1v) is 10.3. The number of benzene rings is 1. The Hall–Kier alpha value is -1.69. The number of nitrogens with zero attached hydrogens (tertiary/aromatic N) is 1. The third-order valence-electron chi connectivity index (χ3n) is 5.71. The largest absolute Gasteiger partial charge is 0.367 e. The molecule has 2 aromatic rings. The van der Waals surface area contributed by atoms with Gasteiger partial charge < -0.3 is 15.0 Å². The van der Waals surface area contributed by atoms with E-state index in [1.165, 1.54) is 18.4 Å². The molecule has 1 saturated carbocycles. The number of piperidine rings is 1. The van der Waals surface area contributed by atoms with Gasteiger partial charge >= 0.3 is 0 Å². The number of hydrogen-bond acceptors (Lipinski definition) is 4. The predicted octanol–water partition coefficient (Wildman–Crippen LogP) is 3.44. The summed E-state index contributed by atoms with van der Waals surface area (Å²) in [5, 5.41) is 7.66. The van der Waals surface area contributed by atoms with Gasteiger partial charge in [-0.1, -0.05) is 30.3 Å². The first-order valence-electron chi connectivity index (χ1n) is 9.40. The SMILES string of the molecule is O=C(COCc1ccccc1)N(Cc1ccsc1)C1CC12CCNCC2. The van der Waals surface area contributed by atoms with Crippen molar-refractivity contribution in [2.45, 2.75) is 38.5 Å². The van der Waals surface area contributed by atoms with Crippen LogP contribution in [0.1, 0.15) is 30.4 Å². The van der Waals surface area contributed by atoms with Gasteiger partial charge in [0.25, 0.3) is 0 Å². The van der Waals surface area contributed by atoms with Crippen molar-refractivity contribution in [3.05, 3.63) is 58.3 Å². The van der Waals surface area contributed by atoms with Crippen LogP contribution >= 0.6 is 11.3 Å². The molecule has 1 aliphatic heterocycles. The van der Waals surface area contributed by atoms with Crippen molar-refractivity contribution in [2.75, 3.05) is 19.7 Å². The fourth-order valence-electron chi connectivity index (χ4n) is 4.09. The smallest absolute Gasteiger partial charge is 0.249 e. The van der Waals surface area contributed by atoms with Crippen molar-refractivity contribution in [1.82, 2.24) is 10.2 Å². The number of carbonyl (C=O) groups excluding carboxylic acids is 1. The van der Waals surface area contributed by atoms with Gasteiger partial charge in [-0.3, -0.25) is 4.79 Å². The summed E-state index contributed by atoms with van der Waals surface area (Å²) in [7, 11) is 0. The standard InChI is InChI=1S/C21H26N2O2S/c24-20(15-25-14-17-4-2-1-3-5-17)23(13-18-6-11-26-16-18)19-12-21(19)7-9-22-10-8-21/h1-6,11,16,19,22H,7-10,12-15H2. The second-order valence-corrected chi connectivity index (χ2v) is 8.24. The molecule has 1 unspecified atom stereocenters. The lowest BCUT2D eigenvalue weighted by Gasteiger charge is -2.29. The summed E-state index contributed by atoms with van der Waals surface area (Å²) < 4.78 is 5.73. The predicted molar refractivity (Wildman–Crippen MR) is 104 cm³/mol. The Balaban J connectivity index is 1.38. The van der Waals surface area contributed by atoms with E-state index in [0.717, 1.165) is 25.1 Å². The molecule has 2 fully saturated rings. The van der Waals surface area contributed by atoms with Crippen molar-refractivity contribution in [3.8, 4) is 0 Å². The minimum atomic E-state index is 0.118. The zero-order valence-electron chi connectivity index (χ0n) is 15.0. The molecule has 0 radical (unpaired) electrons. The lowest BCUT2D eigenvalue weighted by Crippen LogP contribution is -2.40. The Kier molecular flexibility index (Phi) is 5.38. The van der Waals surface area contributed by atoms with Gasteiger partial charge in [-0.05, 0) is 65.7 Å². The number of carbonyl (C=O) groups is 1. The molecule has 1 aliphatic carbocycles. The lowest BCUT2D eigenvalue weighted by atomic mass is 9.93. The number of ether oxygens (including phenoxy) is 1. The molecule has 1 aromatic carbocycles. The quantitative estimate of drug-likeness (QED) is 0.812. The van der Waals surface area contributed by atoms with Crippen molar-refractivity contribution in [1.29, 1.82) is 0 Å². The topological polar surface area (TPSA) is 41.6 Å². The second kappa shape index (κ2) is 7.91. The van der Waals surface area contributed by atoms with Crippen molar-refractivity contribution >= 4 is 17.2 Å². The van der Waals surface area contributed by atoms with E-state index in [4.69, 9.17) is 4.74 Å². The number of amides is 1. The molecule has 26 heavy (non-hydrogen) atoms. The van der Waals surface area contributed by atoms with Crippen LogP contribution in [0.5, 0.6) is 0 Å². The van der Waals surface area contributed by atoms with E-state index in [0.29, 0.717) is 24.6 Å². The van der Waals surface area contributed by atoms with E-state index in [1.807, 2.05) is 30.3 Å².